The fourth-order valence-corrected chi connectivity index (χ4v) is 13.0. The lowest BCUT2D eigenvalue weighted by Crippen LogP contribution is -2.27. The Morgan fingerprint density at radius 3 is 0.718 bits per heavy atom. The summed E-state index contributed by atoms with van der Waals surface area (Å²) < 4.78 is 0. The van der Waals surface area contributed by atoms with Crippen LogP contribution in [0.4, 0.5) is 0 Å². The molecule has 204 valence electrons. The number of benzene rings is 4. The number of aryl methyl sites for hydroxylation is 8. The number of hydrogen-bond acceptors (Lipinski definition) is 0. The van der Waals surface area contributed by atoms with Crippen molar-refractivity contribution < 1.29 is 0 Å². The molecule has 0 saturated heterocycles. The van der Waals surface area contributed by atoms with Gasteiger partial charge in [0, 0.05) is 0 Å². The Bertz CT molecular complexity index is 1170. The quantitative estimate of drug-likeness (QED) is 0.192. The minimum Gasteiger partial charge on any atom is -0.0579 e. The highest BCUT2D eigenvalue weighted by molar-refractivity contribution is 7.74. The normalized spacial score (nSPS) is 13.2. The molecule has 2 unspecified atom stereocenters. The van der Waals surface area contributed by atoms with Crippen LogP contribution >= 0.6 is 15.8 Å². The van der Waals surface area contributed by atoms with Crippen molar-refractivity contribution in [1.82, 2.24) is 0 Å². The molecule has 0 aliphatic heterocycles. The maximum Gasteiger partial charge on any atom is -0.0151 e. The number of hydrogen-bond donors (Lipinski definition) is 0. The van der Waals surface area contributed by atoms with Crippen LogP contribution in [0.2, 0.25) is 0 Å². The highest BCUT2D eigenvalue weighted by Gasteiger charge is 2.29. The lowest BCUT2D eigenvalue weighted by atomic mass is 10.2. The molecule has 0 spiro atoms. The van der Waals surface area contributed by atoms with Gasteiger partial charge in [-0.15, -0.1) is 0 Å². The molecule has 39 heavy (non-hydrogen) atoms. The molecule has 0 fully saturated rings. The van der Waals surface area contributed by atoms with Gasteiger partial charge in [-0.1, -0.05) is 131 Å². The number of rotatable bonds is 8. The zero-order chi connectivity index (χ0) is 28.4. The minimum absolute atomic E-state index is 0.487. The molecule has 2 atom stereocenters. The fraction of sp³-hybridized carbons (Fsp3) is 0.351. The van der Waals surface area contributed by atoms with E-state index in [0.29, 0.717) is 11.3 Å². The maximum absolute atomic E-state index is 2.52. The molecule has 0 nitrogen and oxygen atoms in total. The third kappa shape index (κ3) is 7.48. The summed E-state index contributed by atoms with van der Waals surface area (Å²) in [7, 11) is -0.973. The lowest BCUT2D eigenvalue weighted by molar-refractivity contribution is 0.793. The predicted molar refractivity (Wildman–Crippen MR) is 180 cm³/mol. The maximum atomic E-state index is 2.52. The molecule has 0 N–H and O–H groups in total. The first-order valence-corrected chi connectivity index (χ1v) is 17.1. The summed E-state index contributed by atoms with van der Waals surface area (Å²) in [5.41, 5.74) is 12.1. The van der Waals surface area contributed by atoms with Gasteiger partial charge in [0.2, 0.25) is 0 Å². The van der Waals surface area contributed by atoms with Crippen LogP contribution < -0.4 is 21.2 Å². The first kappa shape index (κ1) is 29.7. The Balaban J connectivity index is 1.79. The highest BCUT2D eigenvalue weighted by atomic mass is 31.1. The molecule has 0 amide bonds. The van der Waals surface area contributed by atoms with Crippen LogP contribution in [0, 0.1) is 55.4 Å². The molecule has 0 aliphatic carbocycles. The van der Waals surface area contributed by atoms with E-state index in [1.165, 1.54) is 72.1 Å². The lowest BCUT2D eigenvalue weighted by Gasteiger charge is -2.33. The summed E-state index contributed by atoms with van der Waals surface area (Å²) in [4.78, 5) is 0. The van der Waals surface area contributed by atoms with Gasteiger partial charge in [0.05, 0.1) is 0 Å². The van der Waals surface area contributed by atoms with Crippen molar-refractivity contribution in [2.24, 2.45) is 0 Å². The molecule has 0 aliphatic rings. The molecule has 0 saturated carbocycles. The van der Waals surface area contributed by atoms with Crippen molar-refractivity contribution in [1.29, 1.82) is 0 Å². The van der Waals surface area contributed by atoms with Crippen LogP contribution in [-0.4, -0.2) is 11.3 Å². The summed E-state index contributed by atoms with van der Waals surface area (Å²) in [6, 6.07) is 28.9. The Kier molecular flexibility index (Phi) is 9.53. The van der Waals surface area contributed by atoms with E-state index in [4.69, 9.17) is 0 Å². The first-order valence-electron chi connectivity index (χ1n) is 14.3. The van der Waals surface area contributed by atoms with Crippen molar-refractivity contribution in [2.45, 2.75) is 87.0 Å². The molecule has 4 aromatic carbocycles. The van der Waals surface area contributed by atoms with Crippen molar-refractivity contribution in [3.05, 3.63) is 117 Å². The monoisotopic (exact) mass is 552 g/mol. The summed E-state index contributed by atoms with van der Waals surface area (Å²) in [5.74, 6) is 0. The van der Waals surface area contributed by atoms with E-state index in [1.54, 1.807) is 0 Å². The van der Waals surface area contributed by atoms with Crippen LogP contribution in [0.25, 0.3) is 0 Å². The van der Waals surface area contributed by atoms with Crippen molar-refractivity contribution in [3.63, 3.8) is 0 Å². The van der Waals surface area contributed by atoms with Gasteiger partial charge in [-0.3, -0.25) is 0 Å². The van der Waals surface area contributed by atoms with Gasteiger partial charge in [0.1, 0.15) is 0 Å². The summed E-state index contributed by atoms with van der Waals surface area (Å²) in [6.45, 7) is 23.0. The Hall–Kier alpha value is -2.26. The molecular weight excluding hydrogens is 506 g/mol. The fourth-order valence-electron chi connectivity index (χ4n) is 6.38. The second kappa shape index (κ2) is 12.5. The second-order valence-electron chi connectivity index (χ2n) is 12.1. The Morgan fingerprint density at radius 1 is 0.359 bits per heavy atom. The zero-order valence-electron chi connectivity index (χ0n) is 25.7. The van der Waals surface area contributed by atoms with Gasteiger partial charge in [-0.25, -0.2) is 0 Å². The molecule has 4 aromatic rings. The highest BCUT2D eigenvalue weighted by Crippen LogP contribution is 2.48. The molecule has 0 aromatic heterocycles. The van der Waals surface area contributed by atoms with Gasteiger partial charge in [-0.2, -0.15) is 0 Å². The van der Waals surface area contributed by atoms with E-state index in [-0.39, 0.29) is 0 Å². The summed E-state index contributed by atoms with van der Waals surface area (Å²) in [5, 5.41) is 6.09. The molecule has 0 radical (unpaired) electrons. The van der Waals surface area contributed by atoms with Gasteiger partial charge < -0.3 is 0 Å². The van der Waals surface area contributed by atoms with Gasteiger partial charge in [0.15, 0.2) is 0 Å². The van der Waals surface area contributed by atoms with E-state index < -0.39 is 15.8 Å². The van der Waals surface area contributed by atoms with Crippen LogP contribution in [0.15, 0.2) is 72.8 Å². The Morgan fingerprint density at radius 2 is 0.538 bits per heavy atom. The van der Waals surface area contributed by atoms with Crippen molar-refractivity contribution in [3.8, 4) is 0 Å². The van der Waals surface area contributed by atoms with Gasteiger partial charge in [0.25, 0.3) is 0 Å². The largest absolute Gasteiger partial charge is 0.0579 e. The average Bonchev–Trinajstić information content (AvgIpc) is 2.76. The van der Waals surface area contributed by atoms with Crippen LogP contribution in [-0.2, 0) is 0 Å². The zero-order valence-corrected chi connectivity index (χ0v) is 27.5. The third-order valence-electron chi connectivity index (χ3n) is 7.50. The second-order valence-corrected chi connectivity index (χ2v) is 17.4. The third-order valence-corrected chi connectivity index (χ3v) is 12.9. The molecular formula is C37H46P2. The molecule has 0 bridgehead atoms. The summed E-state index contributed by atoms with van der Waals surface area (Å²) in [6.07, 6.45) is 1.21. The standard InChI is InChI=1S/C37H46P2/c1-24-11-25(2)16-34(15-24)38(35-17-26(3)12-27(4)18-35)32(9)23-33(10)39(36-19-28(5)13-29(6)20-36)37-21-30(7)14-31(8)22-37/h11-22,32-33H,23H2,1-10H3. The van der Waals surface area contributed by atoms with E-state index in [2.05, 4.69) is 142 Å². The molecule has 2 heteroatoms. The van der Waals surface area contributed by atoms with Crippen LogP contribution in [0.3, 0.4) is 0 Å². The van der Waals surface area contributed by atoms with E-state index >= 15 is 0 Å². The molecule has 4 rings (SSSR count). The average molecular weight is 553 g/mol. The van der Waals surface area contributed by atoms with Gasteiger partial charge >= 0.3 is 0 Å². The van der Waals surface area contributed by atoms with Gasteiger partial charge in [-0.05, 0) is 110 Å². The van der Waals surface area contributed by atoms with E-state index in [1.807, 2.05) is 0 Å². The SMILES string of the molecule is Cc1cc(C)cc(P(c2cc(C)cc(C)c2)C(C)CC(C)P(c2cc(C)cc(C)c2)c2cc(C)cc(C)c2)c1. The topological polar surface area (TPSA) is 0 Å². The molecule has 0 heterocycles. The first-order chi connectivity index (χ1) is 18.4. The van der Waals surface area contributed by atoms with E-state index in [0.717, 1.165) is 0 Å². The van der Waals surface area contributed by atoms with E-state index in [9.17, 15) is 0 Å². The van der Waals surface area contributed by atoms with Crippen molar-refractivity contribution >= 4 is 37.1 Å². The van der Waals surface area contributed by atoms with Crippen molar-refractivity contribution in [2.75, 3.05) is 0 Å². The smallest absolute Gasteiger partial charge is 0.0151 e. The minimum atomic E-state index is -0.487. The van der Waals surface area contributed by atoms with Crippen LogP contribution in [0.1, 0.15) is 64.8 Å². The predicted octanol–water partition coefficient (Wildman–Crippen LogP) is 8.89. The van der Waals surface area contributed by atoms with Crippen LogP contribution in [0.5, 0.6) is 0 Å². The summed E-state index contributed by atoms with van der Waals surface area (Å²) >= 11 is 0. The Labute approximate surface area is 240 Å².